The van der Waals surface area contributed by atoms with Crippen molar-refractivity contribution in [3.05, 3.63) is 83.4 Å². The second-order valence-electron chi connectivity index (χ2n) is 6.85. The van der Waals surface area contributed by atoms with Crippen molar-refractivity contribution in [2.75, 3.05) is 0 Å². The maximum absolute atomic E-state index is 12.5. The third kappa shape index (κ3) is 3.43. The monoisotopic (exact) mass is 329 g/mol. The summed E-state index contributed by atoms with van der Waals surface area (Å²) in [5, 5.41) is 5.74. The highest BCUT2D eigenvalue weighted by Gasteiger charge is 2.21. The second-order valence-corrected chi connectivity index (χ2v) is 6.85. The predicted octanol–water partition coefficient (Wildman–Crippen LogP) is 4.97. The Morgan fingerprint density at radius 1 is 0.960 bits per heavy atom. The first-order valence-corrected chi connectivity index (χ1v) is 9.15. The van der Waals surface area contributed by atoms with Crippen LogP contribution < -0.4 is 5.32 Å². The highest BCUT2D eigenvalue weighted by Crippen LogP contribution is 2.29. The summed E-state index contributed by atoms with van der Waals surface area (Å²) in [5.41, 5.74) is 3.93. The summed E-state index contributed by atoms with van der Waals surface area (Å²) >= 11 is 0. The number of rotatable bonds is 4. The van der Waals surface area contributed by atoms with Crippen molar-refractivity contribution in [1.29, 1.82) is 0 Å². The molecule has 1 atom stereocenters. The number of carbonyl (C=O) groups is 1. The third-order valence-electron chi connectivity index (χ3n) is 5.21. The number of fused-ring (bicyclic) bond motifs is 2. The molecule has 0 aliphatic heterocycles. The molecule has 0 fully saturated rings. The van der Waals surface area contributed by atoms with Gasteiger partial charge in [-0.25, -0.2) is 0 Å². The van der Waals surface area contributed by atoms with Crippen LogP contribution in [0.5, 0.6) is 0 Å². The molecule has 0 unspecified atom stereocenters. The summed E-state index contributed by atoms with van der Waals surface area (Å²) in [6.45, 7) is 0. The summed E-state index contributed by atoms with van der Waals surface area (Å²) in [6, 6.07) is 23.4. The molecule has 0 heterocycles. The van der Waals surface area contributed by atoms with E-state index in [2.05, 4.69) is 72.0 Å². The molecule has 3 aromatic carbocycles. The van der Waals surface area contributed by atoms with Gasteiger partial charge in [-0.1, -0.05) is 66.7 Å². The average molecular weight is 329 g/mol. The Labute approximate surface area is 148 Å². The maximum atomic E-state index is 12.5. The van der Waals surface area contributed by atoms with Gasteiger partial charge in [-0.05, 0) is 53.1 Å². The van der Waals surface area contributed by atoms with E-state index >= 15 is 0 Å². The van der Waals surface area contributed by atoms with Gasteiger partial charge in [-0.2, -0.15) is 0 Å². The molecule has 4 rings (SSSR count). The van der Waals surface area contributed by atoms with Crippen LogP contribution in [0.25, 0.3) is 10.8 Å². The number of amides is 1. The fraction of sp³-hybridized carbons (Fsp3) is 0.261. The Morgan fingerprint density at radius 3 is 2.72 bits per heavy atom. The number of hydrogen-bond donors (Lipinski definition) is 1. The molecule has 0 aromatic heterocycles. The van der Waals surface area contributed by atoms with Crippen LogP contribution >= 0.6 is 0 Å². The van der Waals surface area contributed by atoms with Gasteiger partial charge < -0.3 is 5.32 Å². The molecule has 0 saturated heterocycles. The third-order valence-corrected chi connectivity index (χ3v) is 5.21. The zero-order valence-electron chi connectivity index (χ0n) is 14.4. The van der Waals surface area contributed by atoms with Gasteiger partial charge in [0, 0.05) is 6.42 Å². The van der Waals surface area contributed by atoms with Crippen LogP contribution in [0.2, 0.25) is 0 Å². The number of nitrogens with one attached hydrogen (secondary N) is 1. The van der Waals surface area contributed by atoms with Crippen LogP contribution in [0.1, 0.15) is 42.0 Å². The van der Waals surface area contributed by atoms with Gasteiger partial charge in [-0.15, -0.1) is 0 Å². The highest BCUT2D eigenvalue weighted by molar-refractivity contribution is 5.86. The summed E-state index contributed by atoms with van der Waals surface area (Å²) in [6.07, 6.45) is 4.62. The quantitative estimate of drug-likeness (QED) is 0.719. The van der Waals surface area contributed by atoms with Crippen molar-refractivity contribution in [3.63, 3.8) is 0 Å². The molecule has 0 bridgehead atoms. The van der Waals surface area contributed by atoms with Crippen LogP contribution in [0.3, 0.4) is 0 Å². The molecule has 1 aliphatic rings. The highest BCUT2D eigenvalue weighted by atomic mass is 16.1. The van der Waals surface area contributed by atoms with Crippen molar-refractivity contribution < 1.29 is 4.79 Å². The van der Waals surface area contributed by atoms with E-state index in [0.29, 0.717) is 6.42 Å². The fourth-order valence-electron chi connectivity index (χ4n) is 3.93. The van der Waals surface area contributed by atoms with Crippen molar-refractivity contribution in [3.8, 4) is 0 Å². The smallest absolute Gasteiger partial charge is 0.220 e. The van der Waals surface area contributed by atoms with Crippen molar-refractivity contribution in [2.24, 2.45) is 0 Å². The molecule has 0 radical (unpaired) electrons. The first-order valence-electron chi connectivity index (χ1n) is 9.15. The van der Waals surface area contributed by atoms with Crippen LogP contribution in [0.4, 0.5) is 0 Å². The minimum atomic E-state index is 0.148. The van der Waals surface area contributed by atoms with E-state index in [4.69, 9.17) is 0 Å². The lowest BCUT2D eigenvalue weighted by molar-refractivity contribution is -0.121. The van der Waals surface area contributed by atoms with Gasteiger partial charge in [-0.3, -0.25) is 4.79 Å². The maximum Gasteiger partial charge on any atom is 0.220 e. The molecular formula is C23H23NO. The predicted molar refractivity (Wildman–Crippen MR) is 103 cm³/mol. The molecule has 25 heavy (non-hydrogen) atoms. The molecule has 126 valence electrons. The minimum Gasteiger partial charge on any atom is -0.349 e. The Morgan fingerprint density at radius 2 is 1.76 bits per heavy atom. The second kappa shape index (κ2) is 7.10. The van der Waals surface area contributed by atoms with Crippen molar-refractivity contribution in [2.45, 2.75) is 38.1 Å². The van der Waals surface area contributed by atoms with Crippen molar-refractivity contribution in [1.82, 2.24) is 5.32 Å². The summed E-state index contributed by atoms with van der Waals surface area (Å²) < 4.78 is 0. The van der Waals surface area contributed by atoms with E-state index in [1.165, 1.54) is 27.5 Å². The van der Waals surface area contributed by atoms with Gasteiger partial charge in [0.25, 0.3) is 0 Å². The van der Waals surface area contributed by atoms with E-state index in [1.807, 2.05) is 0 Å². The average Bonchev–Trinajstić information content (AvgIpc) is 2.66. The Kier molecular flexibility index (Phi) is 4.51. The summed E-state index contributed by atoms with van der Waals surface area (Å²) in [4.78, 5) is 12.5. The Bertz CT molecular complexity index is 894. The molecule has 0 saturated carbocycles. The van der Waals surface area contributed by atoms with E-state index < -0.39 is 0 Å². The first-order chi connectivity index (χ1) is 12.3. The number of benzene rings is 3. The fourth-order valence-corrected chi connectivity index (χ4v) is 3.93. The number of hydrogen-bond acceptors (Lipinski definition) is 1. The zero-order chi connectivity index (χ0) is 17.1. The lowest BCUT2D eigenvalue weighted by atomic mass is 9.87. The molecule has 2 nitrogen and oxygen atoms in total. The van der Waals surface area contributed by atoms with Gasteiger partial charge in [0.05, 0.1) is 6.04 Å². The largest absolute Gasteiger partial charge is 0.349 e. The van der Waals surface area contributed by atoms with E-state index in [-0.39, 0.29) is 11.9 Å². The Hall–Kier alpha value is -2.61. The topological polar surface area (TPSA) is 29.1 Å². The molecule has 1 aliphatic carbocycles. The summed E-state index contributed by atoms with van der Waals surface area (Å²) in [7, 11) is 0. The van der Waals surface area contributed by atoms with E-state index in [9.17, 15) is 4.79 Å². The molecule has 1 N–H and O–H groups in total. The van der Waals surface area contributed by atoms with Gasteiger partial charge in [0.2, 0.25) is 5.91 Å². The number of aryl methyl sites for hydroxylation is 2. The van der Waals surface area contributed by atoms with E-state index in [1.54, 1.807) is 0 Å². The SMILES string of the molecule is O=C(CCc1cccc2ccccc12)N[C@H]1CCCc2ccccc21. The van der Waals surface area contributed by atoms with Crippen LogP contribution in [-0.4, -0.2) is 5.91 Å². The normalized spacial score (nSPS) is 16.4. The Balaban J connectivity index is 1.43. The molecular weight excluding hydrogens is 306 g/mol. The standard InChI is InChI=1S/C23H23NO/c25-23(24-22-14-6-11-18-8-2-4-13-21(18)22)16-15-19-10-5-9-17-7-1-3-12-20(17)19/h1-5,7-10,12-13,22H,6,11,14-16H2,(H,24,25)/t22-/m0/s1. The summed E-state index contributed by atoms with van der Waals surface area (Å²) in [5.74, 6) is 0.148. The molecule has 2 heteroatoms. The van der Waals surface area contributed by atoms with Crippen LogP contribution in [-0.2, 0) is 17.6 Å². The first kappa shape index (κ1) is 15.9. The van der Waals surface area contributed by atoms with Gasteiger partial charge in [0.15, 0.2) is 0 Å². The van der Waals surface area contributed by atoms with Crippen LogP contribution in [0, 0.1) is 0 Å². The molecule has 3 aromatic rings. The van der Waals surface area contributed by atoms with E-state index in [0.717, 1.165) is 25.7 Å². The van der Waals surface area contributed by atoms with Crippen LogP contribution in [0.15, 0.2) is 66.7 Å². The molecule has 0 spiro atoms. The van der Waals surface area contributed by atoms with Crippen molar-refractivity contribution >= 4 is 16.7 Å². The lowest BCUT2D eigenvalue weighted by Crippen LogP contribution is -2.31. The zero-order valence-corrected chi connectivity index (χ0v) is 14.4. The molecule has 1 amide bonds. The number of carbonyl (C=O) groups excluding carboxylic acids is 1. The minimum absolute atomic E-state index is 0.148. The van der Waals surface area contributed by atoms with Gasteiger partial charge >= 0.3 is 0 Å². The van der Waals surface area contributed by atoms with Gasteiger partial charge in [0.1, 0.15) is 0 Å². The lowest BCUT2D eigenvalue weighted by Gasteiger charge is -2.26.